The van der Waals surface area contributed by atoms with Crippen molar-refractivity contribution < 1.29 is 5.11 Å². The van der Waals surface area contributed by atoms with Gasteiger partial charge in [0.15, 0.2) is 0 Å². The van der Waals surface area contributed by atoms with Crippen LogP contribution in [0.4, 0.5) is 0 Å². The number of aliphatic hydroxyl groups is 1. The molecular formula is C22H27N3O. The summed E-state index contributed by atoms with van der Waals surface area (Å²) < 4.78 is 1.88. The van der Waals surface area contributed by atoms with E-state index in [9.17, 15) is 5.11 Å². The molecule has 1 unspecified atom stereocenters. The van der Waals surface area contributed by atoms with Crippen molar-refractivity contribution in [1.29, 1.82) is 0 Å². The minimum atomic E-state index is 0.102. The monoisotopic (exact) mass is 349 g/mol. The topological polar surface area (TPSA) is 50.1 Å². The molecule has 3 rings (SSSR count). The molecule has 1 heterocycles. The lowest BCUT2D eigenvalue weighted by molar-refractivity contribution is 0.267. The normalized spacial score (nSPS) is 12.3. The highest BCUT2D eigenvalue weighted by molar-refractivity contribution is 5.34. The molecule has 2 aromatic carbocycles. The lowest BCUT2D eigenvalue weighted by Gasteiger charge is -2.20. The lowest BCUT2D eigenvalue weighted by atomic mass is 9.97. The zero-order chi connectivity index (χ0) is 18.5. The van der Waals surface area contributed by atoms with Crippen molar-refractivity contribution in [3.63, 3.8) is 0 Å². The number of rotatable bonds is 7. The molecule has 0 saturated heterocycles. The standard InChI is InChI=1S/C22H27N3O/c1-16-9-11-20(12-10-16)22(19-7-5-4-6-8-19)23-15-21-17(2)24-25(13-14-26)18(21)3/h4-12,22-23,26H,13-15H2,1-3H3. The average Bonchev–Trinajstić information content (AvgIpc) is 2.92. The van der Waals surface area contributed by atoms with Crippen LogP contribution in [0.1, 0.15) is 39.7 Å². The molecular weight excluding hydrogens is 322 g/mol. The van der Waals surface area contributed by atoms with Gasteiger partial charge in [-0.1, -0.05) is 60.2 Å². The van der Waals surface area contributed by atoms with E-state index < -0.39 is 0 Å². The van der Waals surface area contributed by atoms with Gasteiger partial charge in [0, 0.05) is 17.8 Å². The van der Waals surface area contributed by atoms with Crippen molar-refractivity contribution >= 4 is 0 Å². The molecule has 0 aliphatic carbocycles. The molecule has 1 aromatic heterocycles. The fourth-order valence-electron chi connectivity index (χ4n) is 3.34. The molecule has 3 aromatic rings. The molecule has 136 valence electrons. The second kappa shape index (κ2) is 8.30. The molecule has 0 aliphatic rings. The zero-order valence-electron chi connectivity index (χ0n) is 15.7. The van der Waals surface area contributed by atoms with Gasteiger partial charge in [-0.25, -0.2) is 0 Å². The number of hydrogen-bond donors (Lipinski definition) is 2. The van der Waals surface area contributed by atoms with E-state index >= 15 is 0 Å². The highest BCUT2D eigenvalue weighted by Gasteiger charge is 2.16. The van der Waals surface area contributed by atoms with E-state index in [0.717, 1.165) is 17.9 Å². The number of nitrogens with one attached hydrogen (secondary N) is 1. The quantitative estimate of drug-likeness (QED) is 0.684. The summed E-state index contributed by atoms with van der Waals surface area (Å²) in [5.74, 6) is 0. The second-order valence-electron chi connectivity index (χ2n) is 6.73. The number of aliphatic hydroxyl groups excluding tert-OH is 1. The van der Waals surface area contributed by atoms with Gasteiger partial charge in [0.25, 0.3) is 0 Å². The van der Waals surface area contributed by atoms with E-state index in [0.29, 0.717) is 6.54 Å². The van der Waals surface area contributed by atoms with Crippen LogP contribution in [0.15, 0.2) is 54.6 Å². The third kappa shape index (κ3) is 4.03. The summed E-state index contributed by atoms with van der Waals surface area (Å²) >= 11 is 0. The summed E-state index contributed by atoms with van der Waals surface area (Å²) in [5, 5.41) is 17.5. The first-order valence-electron chi connectivity index (χ1n) is 9.08. The van der Waals surface area contributed by atoms with Crippen LogP contribution < -0.4 is 5.32 Å². The van der Waals surface area contributed by atoms with Crippen molar-refractivity contribution in [1.82, 2.24) is 15.1 Å². The number of hydrogen-bond acceptors (Lipinski definition) is 3. The minimum Gasteiger partial charge on any atom is -0.394 e. The maximum Gasteiger partial charge on any atom is 0.0644 e. The Morgan fingerprint density at radius 2 is 1.62 bits per heavy atom. The van der Waals surface area contributed by atoms with Crippen LogP contribution >= 0.6 is 0 Å². The van der Waals surface area contributed by atoms with Crippen molar-refractivity contribution in [3.05, 3.63) is 88.2 Å². The van der Waals surface area contributed by atoms with Gasteiger partial charge in [0.1, 0.15) is 0 Å². The minimum absolute atomic E-state index is 0.102. The molecule has 0 radical (unpaired) electrons. The maximum atomic E-state index is 9.21. The van der Waals surface area contributed by atoms with Crippen molar-refractivity contribution in [2.45, 2.75) is 39.9 Å². The summed E-state index contributed by atoms with van der Waals surface area (Å²) in [7, 11) is 0. The number of aromatic nitrogens is 2. The number of nitrogens with zero attached hydrogens (tertiary/aromatic N) is 2. The third-order valence-electron chi connectivity index (χ3n) is 4.87. The van der Waals surface area contributed by atoms with Crippen LogP contribution in [0, 0.1) is 20.8 Å². The Labute approximate surface area is 155 Å². The molecule has 0 bridgehead atoms. The Kier molecular flexibility index (Phi) is 5.86. The maximum absolute atomic E-state index is 9.21. The molecule has 0 aliphatic heterocycles. The van der Waals surface area contributed by atoms with Crippen LogP contribution in [-0.4, -0.2) is 21.5 Å². The Bertz CT molecular complexity index is 838. The van der Waals surface area contributed by atoms with Crippen LogP contribution in [0.25, 0.3) is 0 Å². The molecule has 4 heteroatoms. The van der Waals surface area contributed by atoms with Gasteiger partial charge in [0.05, 0.1) is 24.9 Å². The highest BCUT2D eigenvalue weighted by atomic mass is 16.3. The molecule has 0 spiro atoms. The van der Waals surface area contributed by atoms with Crippen LogP contribution in [0.3, 0.4) is 0 Å². The fourth-order valence-corrected chi connectivity index (χ4v) is 3.34. The first-order chi connectivity index (χ1) is 12.6. The third-order valence-corrected chi connectivity index (χ3v) is 4.87. The van der Waals surface area contributed by atoms with Crippen LogP contribution in [0.2, 0.25) is 0 Å². The van der Waals surface area contributed by atoms with Gasteiger partial charge < -0.3 is 10.4 Å². The smallest absolute Gasteiger partial charge is 0.0644 e. The first kappa shape index (κ1) is 18.4. The molecule has 0 fully saturated rings. The predicted molar refractivity (Wildman–Crippen MR) is 105 cm³/mol. The van der Waals surface area contributed by atoms with Gasteiger partial charge in [-0.3, -0.25) is 4.68 Å². The Balaban J connectivity index is 1.86. The first-order valence-corrected chi connectivity index (χ1v) is 9.08. The molecule has 2 N–H and O–H groups in total. The molecule has 0 amide bonds. The van der Waals surface area contributed by atoms with Crippen LogP contribution in [-0.2, 0) is 13.1 Å². The zero-order valence-corrected chi connectivity index (χ0v) is 15.7. The Hall–Kier alpha value is -2.43. The van der Waals surface area contributed by atoms with Gasteiger partial charge in [0.2, 0.25) is 0 Å². The highest BCUT2D eigenvalue weighted by Crippen LogP contribution is 2.24. The second-order valence-corrected chi connectivity index (χ2v) is 6.73. The van der Waals surface area contributed by atoms with E-state index in [1.54, 1.807) is 0 Å². The number of aryl methyl sites for hydroxylation is 2. The van der Waals surface area contributed by atoms with Gasteiger partial charge >= 0.3 is 0 Å². The summed E-state index contributed by atoms with van der Waals surface area (Å²) in [5.41, 5.74) is 7.08. The van der Waals surface area contributed by atoms with Crippen molar-refractivity contribution in [3.8, 4) is 0 Å². The predicted octanol–water partition coefficient (Wildman–Crippen LogP) is 3.68. The van der Waals surface area contributed by atoms with E-state index in [1.807, 2.05) is 17.7 Å². The summed E-state index contributed by atoms with van der Waals surface area (Å²) in [6.45, 7) is 7.57. The molecule has 26 heavy (non-hydrogen) atoms. The number of benzene rings is 2. The van der Waals surface area contributed by atoms with Gasteiger partial charge in [-0.15, -0.1) is 0 Å². The molecule has 0 saturated carbocycles. The molecule has 4 nitrogen and oxygen atoms in total. The summed E-state index contributed by atoms with van der Waals surface area (Å²) in [6.07, 6.45) is 0. The summed E-state index contributed by atoms with van der Waals surface area (Å²) in [6, 6.07) is 19.3. The van der Waals surface area contributed by atoms with Gasteiger partial charge in [-0.05, 0) is 31.9 Å². The van der Waals surface area contributed by atoms with Gasteiger partial charge in [-0.2, -0.15) is 5.10 Å². The SMILES string of the molecule is Cc1ccc(C(NCc2c(C)nn(CCO)c2C)c2ccccc2)cc1. The largest absolute Gasteiger partial charge is 0.394 e. The van der Waals surface area contributed by atoms with Crippen molar-refractivity contribution in [2.24, 2.45) is 0 Å². The van der Waals surface area contributed by atoms with E-state index in [1.165, 1.54) is 22.3 Å². The van der Waals surface area contributed by atoms with E-state index in [2.05, 4.69) is 72.8 Å². The van der Waals surface area contributed by atoms with Crippen LogP contribution in [0.5, 0.6) is 0 Å². The Morgan fingerprint density at radius 1 is 0.962 bits per heavy atom. The van der Waals surface area contributed by atoms with Crippen molar-refractivity contribution in [2.75, 3.05) is 6.61 Å². The Morgan fingerprint density at radius 3 is 2.27 bits per heavy atom. The molecule has 1 atom stereocenters. The van der Waals surface area contributed by atoms with E-state index in [-0.39, 0.29) is 12.6 Å². The average molecular weight is 349 g/mol. The lowest BCUT2D eigenvalue weighted by Crippen LogP contribution is -2.22. The summed E-state index contributed by atoms with van der Waals surface area (Å²) in [4.78, 5) is 0. The van der Waals surface area contributed by atoms with E-state index in [4.69, 9.17) is 0 Å². The fraction of sp³-hybridized carbons (Fsp3) is 0.318.